The van der Waals surface area contributed by atoms with Gasteiger partial charge in [0.1, 0.15) is 5.75 Å². The number of benzene rings is 2. The third kappa shape index (κ3) is 3.82. The Morgan fingerprint density at radius 3 is 2.55 bits per heavy atom. The van der Waals surface area contributed by atoms with E-state index in [1.807, 2.05) is 0 Å². The Kier molecular flexibility index (Phi) is 4.85. The number of halogens is 2. The lowest BCUT2D eigenvalue weighted by Crippen LogP contribution is -2.23. The Bertz CT molecular complexity index is 732. The molecule has 2 aromatic carbocycles. The van der Waals surface area contributed by atoms with Crippen LogP contribution in [0.3, 0.4) is 0 Å². The number of rotatable bonds is 4. The number of nitrogens with one attached hydrogen (secondary N) is 1. The highest BCUT2D eigenvalue weighted by Crippen LogP contribution is 2.25. The zero-order valence-corrected chi connectivity index (χ0v) is 14.2. The van der Waals surface area contributed by atoms with Crippen molar-refractivity contribution in [2.24, 2.45) is 0 Å². The normalized spacial score (nSPS) is 11.5. The van der Waals surface area contributed by atoms with E-state index in [9.17, 15) is 13.5 Å². The van der Waals surface area contributed by atoms with Crippen molar-refractivity contribution < 1.29 is 13.5 Å². The molecule has 2 N–H and O–H groups in total. The smallest absolute Gasteiger partial charge is 0.242 e. The summed E-state index contributed by atoms with van der Waals surface area (Å²) < 4.78 is 28.1. The highest BCUT2D eigenvalue weighted by Gasteiger charge is 2.17. The summed E-state index contributed by atoms with van der Waals surface area (Å²) in [6, 6.07) is 11.4. The van der Waals surface area contributed by atoms with E-state index in [1.165, 1.54) is 18.2 Å². The summed E-state index contributed by atoms with van der Waals surface area (Å²) in [7, 11) is -3.63. The molecule has 4 nitrogen and oxygen atoms in total. The highest BCUT2D eigenvalue weighted by molar-refractivity contribution is 9.11. The summed E-state index contributed by atoms with van der Waals surface area (Å²) >= 11 is 6.47. The van der Waals surface area contributed by atoms with Crippen molar-refractivity contribution in [3.05, 3.63) is 57.0 Å². The van der Waals surface area contributed by atoms with E-state index in [-0.39, 0.29) is 17.2 Å². The molecule has 0 aromatic heterocycles. The van der Waals surface area contributed by atoms with Gasteiger partial charge in [-0.3, -0.25) is 0 Å². The van der Waals surface area contributed by atoms with Gasteiger partial charge in [-0.25, -0.2) is 13.1 Å². The van der Waals surface area contributed by atoms with Crippen LogP contribution in [0.4, 0.5) is 0 Å². The third-order valence-corrected chi connectivity index (χ3v) is 5.45. The van der Waals surface area contributed by atoms with Gasteiger partial charge in [-0.2, -0.15) is 0 Å². The summed E-state index contributed by atoms with van der Waals surface area (Å²) in [5.41, 5.74) is 0.680. The second-order valence-corrected chi connectivity index (χ2v) is 7.57. The minimum atomic E-state index is -3.63. The first-order chi connectivity index (χ1) is 9.38. The summed E-state index contributed by atoms with van der Waals surface area (Å²) in [6.45, 7) is 0.107. The van der Waals surface area contributed by atoms with Crippen molar-refractivity contribution in [1.29, 1.82) is 0 Å². The molecule has 0 amide bonds. The second kappa shape index (κ2) is 6.26. The lowest BCUT2D eigenvalue weighted by atomic mass is 10.2. The monoisotopic (exact) mass is 419 g/mol. The Morgan fingerprint density at radius 2 is 1.85 bits per heavy atom. The first-order valence-electron chi connectivity index (χ1n) is 5.61. The van der Waals surface area contributed by atoms with Crippen LogP contribution >= 0.6 is 31.9 Å². The summed E-state index contributed by atoms with van der Waals surface area (Å²) in [6.07, 6.45) is 0. The van der Waals surface area contributed by atoms with Gasteiger partial charge in [0.25, 0.3) is 0 Å². The van der Waals surface area contributed by atoms with Gasteiger partial charge in [-0.05, 0) is 51.8 Å². The number of hydrogen-bond donors (Lipinski definition) is 2. The van der Waals surface area contributed by atoms with Crippen LogP contribution in [-0.4, -0.2) is 13.5 Å². The van der Waals surface area contributed by atoms with Gasteiger partial charge in [-0.15, -0.1) is 0 Å². The van der Waals surface area contributed by atoms with E-state index < -0.39 is 10.0 Å². The molecule has 106 valence electrons. The molecule has 0 atom stereocenters. The van der Waals surface area contributed by atoms with Crippen LogP contribution in [0, 0.1) is 0 Å². The predicted octanol–water partition coefficient (Wildman–Crippen LogP) is 3.40. The average Bonchev–Trinajstić information content (AvgIpc) is 2.39. The van der Waals surface area contributed by atoms with Gasteiger partial charge >= 0.3 is 0 Å². The summed E-state index contributed by atoms with van der Waals surface area (Å²) in [5.74, 6) is 0.102. The molecule has 2 aromatic rings. The lowest BCUT2D eigenvalue weighted by molar-refractivity contribution is 0.474. The Labute approximate surface area is 134 Å². The Morgan fingerprint density at radius 1 is 1.10 bits per heavy atom. The quantitative estimate of drug-likeness (QED) is 0.796. The molecule has 0 aliphatic heterocycles. The van der Waals surface area contributed by atoms with Crippen LogP contribution in [0.25, 0.3) is 0 Å². The average molecular weight is 421 g/mol. The van der Waals surface area contributed by atoms with Crippen LogP contribution in [-0.2, 0) is 16.6 Å². The molecular weight excluding hydrogens is 410 g/mol. The molecule has 0 heterocycles. The molecular formula is C13H11Br2NO3S. The molecule has 0 aliphatic rings. The lowest BCUT2D eigenvalue weighted by Gasteiger charge is -2.09. The predicted molar refractivity (Wildman–Crippen MR) is 84.0 cm³/mol. The van der Waals surface area contributed by atoms with E-state index >= 15 is 0 Å². The van der Waals surface area contributed by atoms with Crippen molar-refractivity contribution >= 4 is 41.9 Å². The van der Waals surface area contributed by atoms with Crippen molar-refractivity contribution in [3.63, 3.8) is 0 Å². The number of hydrogen-bond acceptors (Lipinski definition) is 3. The maximum Gasteiger partial charge on any atom is 0.242 e. The SMILES string of the molecule is O=S(=O)(NCc1cccc(O)c1)c1cc(Br)ccc1Br. The fraction of sp³-hybridized carbons (Fsp3) is 0.0769. The van der Waals surface area contributed by atoms with Gasteiger partial charge in [0, 0.05) is 15.5 Å². The first-order valence-corrected chi connectivity index (χ1v) is 8.68. The third-order valence-electron chi connectivity index (χ3n) is 2.56. The van der Waals surface area contributed by atoms with Crippen LogP contribution in [0.1, 0.15) is 5.56 Å². The van der Waals surface area contributed by atoms with Crippen molar-refractivity contribution in [2.75, 3.05) is 0 Å². The van der Waals surface area contributed by atoms with Gasteiger partial charge in [0.05, 0.1) is 4.90 Å². The molecule has 0 unspecified atom stereocenters. The van der Waals surface area contributed by atoms with E-state index in [2.05, 4.69) is 36.6 Å². The number of phenols is 1. The molecule has 0 spiro atoms. The minimum Gasteiger partial charge on any atom is -0.508 e. The zero-order valence-electron chi connectivity index (χ0n) is 10.2. The van der Waals surface area contributed by atoms with Gasteiger partial charge in [0.2, 0.25) is 10.0 Å². The van der Waals surface area contributed by atoms with E-state index in [0.29, 0.717) is 14.5 Å². The molecule has 2 rings (SSSR count). The summed E-state index contributed by atoms with van der Waals surface area (Å²) in [4.78, 5) is 0.159. The Balaban J connectivity index is 2.21. The van der Waals surface area contributed by atoms with E-state index in [0.717, 1.165) is 0 Å². The molecule has 0 saturated heterocycles. The molecule has 0 saturated carbocycles. The van der Waals surface area contributed by atoms with Crippen molar-refractivity contribution in [2.45, 2.75) is 11.4 Å². The molecule has 20 heavy (non-hydrogen) atoms. The zero-order chi connectivity index (χ0) is 14.8. The number of aromatic hydroxyl groups is 1. The first kappa shape index (κ1) is 15.5. The molecule has 0 bridgehead atoms. The highest BCUT2D eigenvalue weighted by atomic mass is 79.9. The summed E-state index contributed by atoms with van der Waals surface area (Å²) in [5, 5.41) is 9.35. The molecule has 0 fully saturated rings. The van der Waals surface area contributed by atoms with Crippen LogP contribution in [0.2, 0.25) is 0 Å². The Hall–Kier alpha value is -0.890. The van der Waals surface area contributed by atoms with Crippen LogP contribution in [0.15, 0.2) is 56.3 Å². The fourth-order valence-electron chi connectivity index (χ4n) is 1.61. The largest absolute Gasteiger partial charge is 0.508 e. The topological polar surface area (TPSA) is 66.4 Å². The second-order valence-electron chi connectivity index (χ2n) is 4.07. The van der Waals surface area contributed by atoms with Crippen molar-refractivity contribution in [3.8, 4) is 5.75 Å². The van der Waals surface area contributed by atoms with Crippen molar-refractivity contribution in [1.82, 2.24) is 4.72 Å². The van der Waals surface area contributed by atoms with Gasteiger partial charge < -0.3 is 5.11 Å². The van der Waals surface area contributed by atoms with Crippen LogP contribution in [0.5, 0.6) is 5.75 Å². The molecule has 0 aliphatic carbocycles. The van der Waals surface area contributed by atoms with E-state index in [4.69, 9.17) is 0 Å². The maximum absolute atomic E-state index is 12.2. The molecule has 0 radical (unpaired) electrons. The number of phenolic OH excluding ortho intramolecular Hbond substituents is 1. The van der Waals surface area contributed by atoms with Gasteiger partial charge in [0.15, 0.2) is 0 Å². The standard InChI is InChI=1S/C13H11Br2NO3S/c14-10-4-5-12(15)13(7-10)20(18,19)16-8-9-2-1-3-11(17)6-9/h1-7,16-17H,8H2. The fourth-order valence-corrected chi connectivity index (χ4v) is 4.12. The van der Waals surface area contributed by atoms with Crippen LogP contribution < -0.4 is 4.72 Å². The van der Waals surface area contributed by atoms with E-state index in [1.54, 1.807) is 24.3 Å². The number of sulfonamides is 1. The minimum absolute atomic E-state index is 0.102. The van der Waals surface area contributed by atoms with Gasteiger partial charge in [-0.1, -0.05) is 28.1 Å². The maximum atomic E-state index is 12.2. The molecule has 7 heteroatoms.